The molecule has 16 heteroatoms. The zero-order valence-electron chi connectivity index (χ0n) is 31.4. The van der Waals surface area contributed by atoms with Crippen molar-refractivity contribution in [1.82, 2.24) is 40.1 Å². The van der Waals surface area contributed by atoms with Gasteiger partial charge in [0.1, 0.15) is 17.5 Å². The number of imide groups is 1. The maximum Gasteiger partial charge on any atom is 0.348 e. The molecule has 3 saturated heterocycles. The molecular formula is C40H46N8O8. The molecule has 1 aromatic heterocycles. The Morgan fingerprint density at radius 3 is 2.45 bits per heavy atom. The Hall–Kier alpha value is -6.03. The lowest BCUT2D eigenvalue weighted by Crippen LogP contribution is -2.53. The van der Waals surface area contributed by atoms with Gasteiger partial charge in [-0.2, -0.15) is 5.10 Å². The van der Waals surface area contributed by atoms with Gasteiger partial charge in [-0.25, -0.2) is 14.5 Å². The van der Waals surface area contributed by atoms with Crippen molar-refractivity contribution in [2.75, 3.05) is 32.7 Å². The number of nitrogens with one attached hydrogen (secondary N) is 3. The SMILES string of the molecule is CC(C)c1cc(-c2n[nH]c(=O)n2-c2ccc(CN3CCN(C(=O)CCCC(=O)NC4C=CC=C5C(=O)N(C6CCC(=O)NC6=O)CC54)CC3)cc2)c(O)cc1O. The van der Waals surface area contributed by atoms with Crippen LogP contribution >= 0.6 is 0 Å². The smallest absolute Gasteiger partial charge is 0.348 e. The molecule has 3 atom stereocenters. The number of H-pyrrole nitrogens is 1. The highest BCUT2D eigenvalue weighted by atomic mass is 16.3. The van der Waals surface area contributed by atoms with E-state index in [9.17, 15) is 39.0 Å². The van der Waals surface area contributed by atoms with E-state index in [1.807, 2.05) is 49.1 Å². The first-order valence-corrected chi connectivity index (χ1v) is 19.0. The van der Waals surface area contributed by atoms with Gasteiger partial charge in [0.05, 0.1) is 17.3 Å². The third-order valence-electron chi connectivity index (χ3n) is 11.0. The van der Waals surface area contributed by atoms with Crippen molar-refractivity contribution < 1.29 is 34.2 Å². The summed E-state index contributed by atoms with van der Waals surface area (Å²) in [5.41, 5.74) is 2.59. The van der Waals surface area contributed by atoms with Crippen molar-refractivity contribution in [2.45, 2.75) is 70.5 Å². The van der Waals surface area contributed by atoms with Gasteiger partial charge in [0.2, 0.25) is 23.6 Å². The van der Waals surface area contributed by atoms with Gasteiger partial charge >= 0.3 is 5.69 Å². The molecule has 2 aromatic carbocycles. The van der Waals surface area contributed by atoms with Gasteiger partial charge in [0.15, 0.2) is 5.82 Å². The van der Waals surface area contributed by atoms with Crippen molar-refractivity contribution >= 4 is 29.5 Å². The summed E-state index contributed by atoms with van der Waals surface area (Å²) in [5, 5.41) is 32.8. The monoisotopic (exact) mass is 766 g/mol. The normalized spacial score (nSPS) is 21.3. The van der Waals surface area contributed by atoms with Gasteiger partial charge in [0, 0.05) is 76.1 Å². The molecule has 0 saturated carbocycles. The molecule has 16 nitrogen and oxygen atoms in total. The predicted molar refractivity (Wildman–Crippen MR) is 203 cm³/mol. The first kappa shape index (κ1) is 38.3. The lowest BCUT2D eigenvalue weighted by Gasteiger charge is -2.35. The third-order valence-corrected chi connectivity index (χ3v) is 11.0. The molecule has 56 heavy (non-hydrogen) atoms. The minimum atomic E-state index is -0.715. The Kier molecular flexibility index (Phi) is 10.9. The number of fused-ring (bicyclic) bond motifs is 1. The molecule has 0 spiro atoms. The molecular weight excluding hydrogens is 720 g/mol. The number of piperidine rings is 1. The highest BCUT2D eigenvalue weighted by Gasteiger charge is 2.46. The van der Waals surface area contributed by atoms with Gasteiger partial charge in [-0.05, 0) is 48.1 Å². The Morgan fingerprint density at radius 1 is 0.982 bits per heavy atom. The number of allylic oxidation sites excluding steroid dienone is 2. The number of amides is 5. The second kappa shape index (κ2) is 16.0. The van der Waals surface area contributed by atoms with Crippen LogP contribution in [0.1, 0.15) is 63.0 Å². The molecule has 7 rings (SSSR count). The maximum absolute atomic E-state index is 13.1. The highest BCUT2D eigenvalue weighted by molar-refractivity contribution is 6.05. The first-order valence-electron chi connectivity index (χ1n) is 19.0. The second-order valence-electron chi connectivity index (χ2n) is 15.1. The molecule has 0 radical (unpaired) electrons. The van der Waals surface area contributed by atoms with Crippen LogP contribution in [-0.2, 0) is 30.5 Å². The molecule has 3 fully saturated rings. The molecule has 294 valence electrons. The fourth-order valence-corrected chi connectivity index (χ4v) is 7.96. The fraction of sp³-hybridized carbons (Fsp3) is 0.425. The summed E-state index contributed by atoms with van der Waals surface area (Å²) >= 11 is 0. The van der Waals surface area contributed by atoms with Crippen LogP contribution in [0.25, 0.3) is 17.1 Å². The molecule has 1 aliphatic carbocycles. The number of hydrogen-bond donors (Lipinski definition) is 5. The van der Waals surface area contributed by atoms with E-state index in [2.05, 4.69) is 25.7 Å². The number of aromatic hydroxyl groups is 2. The molecule has 5 N–H and O–H groups in total. The number of likely N-dealkylation sites (tertiary alicyclic amines) is 1. The first-order chi connectivity index (χ1) is 26.9. The zero-order valence-corrected chi connectivity index (χ0v) is 31.4. The third kappa shape index (κ3) is 7.87. The molecule has 0 bridgehead atoms. The number of carbonyl (C=O) groups is 5. The molecule has 3 aromatic rings. The van der Waals surface area contributed by atoms with Crippen molar-refractivity contribution in [3.05, 3.63) is 81.8 Å². The van der Waals surface area contributed by atoms with E-state index < -0.39 is 23.7 Å². The summed E-state index contributed by atoms with van der Waals surface area (Å²) < 4.78 is 1.38. The number of aromatic amines is 1. The molecule has 3 aliphatic heterocycles. The Balaban J connectivity index is 0.860. The van der Waals surface area contributed by atoms with Crippen LogP contribution in [0.3, 0.4) is 0 Å². The molecule has 4 heterocycles. The van der Waals surface area contributed by atoms with E-state index in [1.165, 1.54) is 15.5 Å². The number of rotatable bonds is 11. The number of carbonyl (C=O) groups excluding carboxylic acids is 5. The van der Waals surface area contributed by atoms with E-state index in [-0.39, 0.29) is 85.0 Å². The minimum Gasteiger partial charge on any atom is -0.508 e. The van der Waals surface area contributed by atoms with E-state index >= 15 is 0 Å². The van der Waals surface area contributed by atoms with E-state index in [1.54, 1.807) is 18.2 Å². The number of phenolic OH excluding ortho intramolecular Hbond substituents is 2. The van der Waals surface area contributed by atoms with Crippen LogP contribution < -0.4 is 16.3 Å². The summed E-state index contributed by atoms with van der Waals surface area (Å²) in [6.45, 7) is 7.23. The predicted octanol–water partition coefficient (Wildman–Crippen LogP) is 1.82. The number of piperazine rings is 1. The summed E-state index contributed by atoms with van der Waals surface area (Å²) in [6, 6.07) is 9.25. The zero-order chi connectivity index (χ0) is 39.7. The molecule has 5 amide bonds. The van der Waals surface area contributed by atoms with Gasteiger partial charge < -0.3 is 25.3 Å². The van der Waals surface area contributed by atoms with Gasteiger partial charge in [0.25, 0.3) is 5.91 Å². The van der Waals surface area contributed by atoms with Gasteiger partial charge in [-0.15, -0.1) is 0 Å². The maximum atomic E-state index is 13.1. The quantitative estimate of drug-likeness (QED) is 0.179. The number of nitrogens with zero attached hydrogens (tertiary/aromatic N) is 5. The summed E-state index contributed by atoms with van der Waals surface area (Å²) in [7, 11) is 0. The topological polar surface area (TPSA) is 210 Å². The minimum absolute atomic E-state index is 0.00704. The number of phenols is 2. The Morgan fingerprint density at radius 2 is 1.73 bits per heavy atom. The standard InChI is InChI=1S/C40H46N8O8/c1-23(2)27-19-28(33(50)20-32(27)49)37-43-44-40(56)48(37)25-11-9-24(10-12-25)21-45-15-17-46(18-16-45)36(53)8-4-7-34(51)41-30-6-3-5-26-29(30)22-47(39(26)55)31-13-14-35(52)42-38(31)54/h3,5-6,9-12,19-20,23,29-31,49-50H,4,7-8,13-18,21-22H2,1-2H3,(H,41,51)(H,44,56)(H,42,52,54). The molecule has 3 unspecified atom stereocenters. The Labute approximate surface area is 322 Å². The summed E-state index contributed by atoms with van der Waals surface area (Å²) in [5.74, 6) is -1.63. The van der Waals surface area contributed by atoms with Gasteiger partial charge in [-0.3, -0.25) is 34.2 Å². The number of aromatic nitrogens is 3. The lowest BCUT2D eigenvalue weighted by molar-refractivity contribution is -0.142. The van der Waals surface area contributed by atoms with Crippen LogP contribution in [0.15, 0.2) is 65.0 Å². The average molecular weight is 767 g/mol. The summed E-state index contributed by atoms with van der Waals surface area (Å²) in [6.07, 6.45) is 6.50. The van der Waals surface area contributed by atoms with E-state index in [0.717, 1.165) is 5.56 Å². The number of hydrogen-bond acceptors (Lipinski definition) is 10. The van der Waals surface area contributed by atoms with Crippen LogP contribution in [0, 0.1) is 5.92 Å². The van der Waals surface area contributed by atoms with E-state index in [0.29, 0.717) is 61.5 Å². The average Bonchev–Trinajstić information content (AvgIpc) is 3.71. The van der Waals surface area contributed by atoms with Crippen LogP contribution in [0.4, 0.5) is 0 Å². The van der Waals surface area contributed by atoms with Crippen molar-refractivity contribution in [1.29, 1.82) is 0 Å². The highest BCUT2D eigenvalue weighted by Crippen LogP contribution is 2.37. The fourth-order valence-electron chi connectivity index (χ4n) is 7.96. The number of benzene rings is 2. The molecule has 4 aliphatic rings. The van der Waals surface area contributed by atoms with Crippen molar-refractivity contribution in [3.63, 3.8) is 0 Å². The Bertz CT molecular complexity index is 2160. The lowest BCUT2D eigenvalue weighted by atomic mass is 9.89. The van der Waals surface area contributed by atoms with Crippen LogP contribution in [0.2, 0.25) is 0 Å². The van der Waals surface area contributed by atoms with Crippen molar-refractivity contribution in [3.8, 4) is 28.6 Å². The van der Waals surface area contributed by atoms with E-state index in [4.69, 9.17) is 0 Å². The largest absolute Gasteiger partial charge is 0.508 e. The van der Waals surface area contributed by atoms with Crippen LogP contribution in [-0.4, -0.2) is 114 Å². The second-order valence-corrected chi connectivity index (χ2v) is 15.1. The summed E-state index contributed by atoms with van der Waals surface area (Å²) in [4.78, 5) is 81.5. The van der Waals surface area contributed by atoms with Crippen LogP contribution in [0.5, 0.6) is 11.5 Å². The van der Waals surface area contributed by atoms with Gasteiger partial charge in [-0.1, -0.05) is 44.2 Å². The van der Waals surface area contributed by atoms with Crippen molar-refractivity contribution in [2.24, 2.45) is 5.92 Å².